The maximum Gasteiger partial charge on any atom is 0.229 e. The summed E-state index contributed by atoms with van der Waals surface area (Å²) in [6, 6.07) is 7.18. The predicted molar refractivity (Wildman–Crippen MR) is 84.0 cm³/mol. The largest absolute Gasteiger partial charge is 0.497 e. The SMILES string of the molecule is COc1ccc(OCCNC(=O)CC(=O)NCC(C)C)cc1. The summed E-state index contributed by atoms with van der Waals surface area (Å²) in [5.74, 6) is 1.25. The maximum absolute atomic E-state index is 11.5. The third-order valence-electron chi connectivity index (χ3n) is 2.78. The van der Waals surface area contributed by atoms with Crippen LogP contribution in [-0.4, -0.2) is 38.6 Å². The molecule has 0 atom stereocenters. The Bertz CT molecular complexity index is 472. The number of methoxy groups -OCH3 is 1. The first-order valence-corrected chi connectivity index (χ1v) is 7.31. The van der Waals surface area contributed by atoms with Crippen molar-refractivity contribution in [2.75, 3.05) is 26.8 Å². The predicted octanol–water partition coefficient (Wildman–Crippen LogP) is 1.35. The van der Waals surface area contributed by atoms with E-state index in [4.69, 9.17) is 9.47 Å². The zero-order valence-corrected chi connectivity index (χ0v) is 13.3. The van der Waals surface area contributed by atoms with Crippen molar-refractivity contribution in [1.82, 2.24) is 10.6 Å². The van der Waals surface area contributed by atoms with E-state index in [9.17, 15) is 9.59 Å². The van der Waals surface area contributed by atoms with Crippen LogP contribution in [-0.2, 0) is 9.59 Å². The molecule has 6 nitrogen and oxygen atoms in total. The van der Waals surface area contributed by atoms with Crippen molar-refractivity contribution < 1.29 is 19.1 Å². The topological polar surface area (TPSA) is 76.7 Å². The van der Waals surface area contributed by atoms with Gasteiger partial charge in [-0.05, 0) is 30.2 Å². The molecule has 2 amide bonds. The molecule has 0 unspecified atom stereocenters. The van der Waals surface area contributed by atoms with Crippen LogP contribution >= 0.6 is 0 Å². The van der Waals surface area contributed by atoms with Gasteiger partial charge in [-0.15, -0.1) is 0 Å². The molecular formula is C16H24N2O4. The number of ether oxygens (including phenoxy) is 2. The van der Waals surface area contributed by atoms with Crippen molar-refractivity contribution in [3.63, 3.8) is 0 Å². The lowest BCUT2D eigenvalue weighted by molar-refractivity contribution is -0.129. The Hall–Kier alpha value is -2.24. The van der Waals surface area contributed by atoms with Crippen LogP contribution in [0.4, 0.5) is 0 Å². The second-order valence-corrected chi connectivity index (χ2v) is 5.25. The zero-order valence-electron chi connectivity index (χ0n) is 13.3. The summed E-state index contributed by atoms with van der Waals surface area (Å²) in [7, 11) is 1.60. The molecule has 1 aromatic rings. The molecule has 1 aromatic carbocycles. The number of carbonyl (C=O) groups excluding carboxylic acids is 2. The van der Waals surface area contributed by atoms with Crippen LogP contribution in [0.2, 0.25) is 0 Å². The first kappa shape index (κ1) is 17.8. The highest BCUT2D eigenvalue weighted by atomic mass is 16.5. The van der Waals surface area contributed by atoms with Crippen LogP contribution in [0.15, 0.2) is 24.3 Å². The van der Waals surface area contributed by atoms with Crippen LogP contribution in [0.5, 0.6) is 11.5 Å². The van der Waals surface area contributed by atoms with Gasteiger partial charge < -0.3 is 20.1 Å². The van der Waals surface area contributed by atoms with E-state index in [2.05, 4.69) is 10.6 Å². The van der Waals surface area contributed by atoms with E-state index >= 15 is 0 Å². The fraction of sp³-hybridized carbons (Fsp3) is 0.500. The van der Waals surface area contributed by atoms with Crippen molar-refractivity contribution in [3.05, 3.63) is 24.3 Å². The number of amides is 2. The minimum atomic E-state index is -0.306. The molecule has 0 aliphatic heterocycles. The molecule has 1 rings (SSSR count). The summed E-state index contributed by atoms with van der Waals surface area (Å²) in [5, 5.41) is 5.34. The molecule has 0 saturated heterocycles. The standard InChI is InChI=1S/C16H24N2O4/c1-12(2)11-18-16(20)10-15(19)17-8-9-22-14-6-4-13(21-3)5-7-14/h4-7,12H,8-11H2,1-3H3,(H,17,19)(H,18,20). The quantitative estimate of drug-likeness (QED) is 0.533. The van der Waals surface area contributed by atoms with Crippen molar-refractivity contribution in [1.29, 1.82) is 0 Å². The van der Waals surface area contributed by atoms with E-state index in [1.54, 1.807) is 31.4 Å². The van der Waals surface area contributed by atoms with Gasteiger partial charge in [0.05, 0.1) is 13.7 Å². The number of carbonyl (C=O) groups is 2. The summed E-state index contributed by atoms with van der Waals surface area (Å²) in [5.41, 5.74) is 0. The van der Waals surface area contributed by atoms with E-state index < -0.39 is 0 Å². The molecule has 22 heavy (non-hydrogen) atoms. The summed E-state index contributed by atoms with van der Waals surface area (Å²) < 4.78 is 10.5. The van der Waals surface area contributed by atoms with Crippen LogP contribution in [0.1, 0.15) is 20.3 Å². The average molecular weight is 308 g/mol. The molecule has 2 N–H and O–H groups in total. The van der Waals surface area contributed by atoms with Gasteiger partial charge in [0.2, 0.25) is 11.8 Å². The molecule has 0 bridgehead atoms. The number of nitrogens with one attached hydrogen (secondary N) is 2. The van der Waals surface area contributed by atoms with E-state index in [-0.39, 0.29) is 18.2 Å². The third-order valence-corrected chi connectivity index (χ3v) is 2.78. The van der Waals surface area contributed by atoms with Gasteiger partial charge in [-0.1, -0.05) is 13.8 Å². The Morgan fingerprint density at radius 3 is 2.23 bits per heavy atom. The third kappa shape index (κ3) is 7.52. The van der Waals surface area contributed by atoms with E-state index in [0.717, 1.165) is 5.75 Å². The number of rotatable bonds is 9. The highest BCUT2D eigenvalue weighted by molar-refractivity contribution is 5.96. The molecule has 0 radical (unpaired) electrons. The van der Waals surface area contributed by atoms with Gasteiger partial charge in [-0.3, -0.25) is 9.59 Å². The Morgan fingerprint density at radius 1 is 1.05 bits per heavy atom. The fourth-order valence-electron chi connectivity index (χ4n) is 1.62. The molecule has 6 heteroatoms. The second-order valence-electron chi connectivity index (χ2n) is 5.25. The van der Waals surface area contributed by atoms with Crippen LogP contribution < -0.4 is 20.1 Å². The van der Waals surface area contributed by atoms with Gasteiger partial charge >= 0.3 is 0 Å². The van der Waals surface area contributed by atoms with Crippen molar-refractivity contribution in [2.45, 2.75) is 20.3 Å². The lowest BCUT2D eigenvalue weighted by atomic mass is 10.2. The molecule has 0 saturated carbocycles. The Balaban J connectivity index is 2.15. The highest BCUT2D eigenvalue weighted by Crippen LogP contribution is 2.16. The average Bonchev–Trinajstić information content (AvgIpc) is 2.50. The Labute approximate surface area is 131 Å². The van der Waals surface area contributed by atoms with E-state index in [1.807, 2.05) is 13.8 Å². The molecule has 0 spiro atoms. The normalized spacial score (nSPS) is 10.2. The summed E-state index contributed by atoms with van der Waals surface area (Å²) in [6.07, 6.45) is -0.157. The van der Waals surface area contributed by atoms with Gasteiger partial charge in [0.15, 0.2) is 0 Å². The monoisotopic (exact) mass is 308 g/mol. The summed E-state index contributed by atoms with van der Waals surface area (Å²) in [4.78, 5) is 23.0. The van der Waals surface area contributed by atoms with Crippen LogP contribution in [0, 0.1) is 5.92 Å². The van der Waals surface area contributed by atoms with Crippen LogP contribution in [0.3, 0.4) is 0 Å². The van der Waals surface area contributed by atoms with Gasteiger partial charge in [-0.25, -0.2) is 0 Å². The molecule has 0 aliphatic carbocycles. The second kappa shape index (κ2) is 9.65. The molecule has 0 heterocycles. The first-order valence-electron chi connectivity index (χ1n) is 7.31. The summed E-state index contributed by atoms with van der Waals surface area (Å²) in [6.45, 7) is 5.26. The van der Waals surface area contributed by atoms with E-state index in [0.29, 0.717) is 31.4 Å². The van der Waals surface area contributed by atoms with Crippen LogP contribution in [0.25, 0.3) is 0 Å². The smallest absolute Gasteiger partial charge is 0.229 e. The molecule has 0 fully saturated rings. The van der Waals surface area contributed by atoms with Gasteiger partial charge in [0.1, 0.15) is 24.5 Å². The Morgan fingerprint density at radius 2 is 1.64 bits per heavy atom. The zero-order chi connectivity index (χ0) is 16.4. The van der Waals surface area contributed by atoms with Crippen molar-refractivity contribution in [3.8, 4) is 11.5 Å². The lowest BCUT2D eigenvalue weighted by Crippen LogP contribution is -2.35. The van der Waals surface area contributed by atoms with Crippen molar-refractivity contribution in [2.24, 2.45) is 5.92 Å². The minimum absolute atomic E-state index is 0.157. The highest BCUT2D eigenvalue weighted by Gasteiger charge is 2.08. The fourth-order valence-corrected chi connectivity index (χ4v) is 1.62. The Kier molecular flexibility index (Phi) is 7.81. The lowest BCUT2D eigenvalue weighted by Gasteiger charge is -2.09. The minimum Gasteiger partial charge on any atom is -0.497 e. The van der Waals surface area contributed by atoms with Gasteiger partial charge in [0, 0.05) is 6.54 Å². The molecule has 0 aromatic heterocycles. The van der Waals surface area contributed by atoms with Crippen molar-refractivity contribution >= 4 is 11.8 Å². The van der Waals surface area contributed by atoms with E-state index in [1.165, 1.54) is 0 Å². The van der Waals surface area contributed by atoms with Gasteiger partial charge in [0.25, 0.3) is 0 Å². The molecule has 0 aliphatic rings. The van der Waals surface area contributed by atoms with Gasteiger partial charge in [-0.2, -0.15) is 0 Å². The summed E-state index contributed by atoms with van der Waals surface area (Å²) >= 11 is 0. The number of benzene rings is 1. The molecule has 122 valence electrons. The molecular weight excluding hydrogens is 284 g/mol. The maximum atomic E-state index is 11.5. The first-order chi connectivity index (χ1) is 10.5. The number of hydrogen-bond acceptors (Lipinski definition) is 4. The number of hydrogen-bond donors (Lipinski definition) is 2.